The Morgan fingerprint density at radius 3 is 0.807 bits per heavy atom. The molecule has 0 aliphatic carbocycles. The van der Waals surface area contributed by atoms with Crippen LogP contribution in [0, 0.1) is 41.8 Å². The Morgan fingerprint density at radius 2 is 0.552 bits per heavy atom. The van der Waals surface area contributed by atoms with Gasteiger partial charge < -0.3 is 63.2 Å². The zero-order valence-electron chi connectivity index (χ0n) is 85.0. The third-order valence-corrected chi connectivity index (χ3v) is 32.4. The molecule has 0 saturated carbocycles. The van der Waals surface area contributed by atoms with Crippen LogP contribution >= 0.6 is 11.6 Å². The molecule has 0 heterocycles. The van der Waals surface area contributed by atoms with Gasteiger partial charge in [0.1, 0.15) is 53.0 Å². The largest absolute Gasteiger partial charge is 0.390 e. The molecule has 0 radical (unpaired) electrons. The lowest BCUT2D eigenvalue weighted by Gasteiger charge is -2.32. The topological polar surface area (TPSA) is 389 Å². The summed E-state index contributed by atoms with van der Waals surface area (Å²) in [5.41, 5.74) is 27.2. The van der Waals surface area contributed by atoms with Crippen LogP contribution < -0.4 is 33.2 Å². The fraction of sp³-hybridized carbons (Fsp3) is 0.459. The minimum atomic E-state index is -3.88. The summed E-state index contributed by atoms with van der Waals surface area (Å²) in [4.78, 5) is 87.7. The molecule has 9 aromatic rings. The first-order valence-corrected chi connectivity index (χ1v) is 55.6. The third-order valence-electron chi connectivity index (χ3n) is 25.3. The normalized spacial score (nSPS) is 13.6. The van der Waals surface area contributed by atoms with Crippen LogP contribution in [0.15, 0.2) is 200 Å². The monoisotopic (exact) mass is 2090 g/mol. The van der Waals surface area contributed by atoms with E-state index in [4.69, 9.17) is 28.8 Å². The quantitative estimate of drug-likeness (QED) is 0.0160. The van der Waals surface area contributed by atoms with Crippen molar-refractivity contribution >= 4 is 76.6 Å². The van der Waals surface area contributed by atoms with E-state index in [1.54, 1.807) is 54.6 Å². The molecule has 9 aromatic carbocycles. The first-order valence-electron chi connectivity index (χ1n) is 50.1. The molecule has 145 heavy (non-hydrogen) atoms. The van der Waals surface area contributed by atoms with E-state index in [-0.39, 0.29) is 91.4 Å². The number of nitrogens with one attached hydrogen (secondary N) is 3. The Hall–Kier alpha value is -10.7. The SMILES string of the molecule is CCCC(CCC)S(=O)(=O)CC(NC(=O)c1cccc(C)c1)C(=O)N(Cc1cccc(CC)c1)C[C@@H](O)[C@@H](N)Cc1cc(F)cc(F)c1.CCCC(CCC)S(=O)(=O)CC(NC(=O)c1cccc(CC)c1)C(=O)N(Cc1cccc(CC)c1)C[C@@H](O)[C@@H](N)Cc1cc(F)cc(F)c1.CCCC(CCC)S(=O)(=O)CC(NC(=O)c1cccc(Cl)c1)C(=O)N(Cc1cccc(CC)c1)C[C@@H](O)[C@H](N)Cc1cc(F)cc(F)c1. The minimum Gasteiger partial charge on any atom is -0.390 e. The predicted molar refractivity (Wildman–Crippen MR) is 560 cm³/mol. The highest BCUT2D eigenvalue weighted by molar-refractivity contribution is 7.92. The second kappa shape index (κ2) is 59.9. The molecule has 0 saturated heterocycles. The van der Waals surface area contributed by atoms with Crippen molar-refractivity contribution in [3.05, 3.63) is 318 Å². The van der Waals surface area contributed by atoms with Crippen molar-refractivity contribution in [2.24, 2.45) is 17.2 Å². The number of benzene rings is 9. The number of nitrogens with zero attached hydrogens (tertiary/aromatic N) is 3. The Labute approximate surface area is 857 Å². The van der Waals surface area contributed by atoms with Gasteiger partial charge in [0.2, 0.25) is 17.7 Å². The maximum Gasteiger partial charge on any atom is 0.252 e. The van der Waals surface area contributed by atoms with Crippen LogP contribution in [0.3, 0.4) is 0 Å². The predicted octanol–water partition coefficient (Wildman–Crippen LogP) is 16.4. The van der Waals surface area contributed by atoms with Gasteiger partial charge in [0, 0.05) is 97.3 Å². The molecule has 0 aliphatic heterocycles. The fourth-order valence-electron chi connectivity index (χ4n) is 17.5. The lowest BCUT2D eigenvalue weighted by Crippen LogP contribution is -2.55. The molecule has 0 bridgehead atoms. The molecule has 0 fully saturated rings. The van der Waals surface area contributed by atoms with E-state index in [0.29, 0.717) is 94.6 Å². The van der Waals surface area contributed by atoms with E-state index in [1.807, 2.05) is 155 Å². The van der Waals surface area contributed by atoms with E-state index in [2.05, 4.69) is 16.0 Å². The van der Waals surface area contributed by atoms with Gasteiger partial charge in [0.05, 0.1) is 51.3 Å². The van der Waals surface area contributed by atoms with Gasteiger partial charge in [0.15, 0.2) is 29.5 Å². The summed E-state index contributed by atoms with van der Waals surface area (Å²) in [5.74, 6) is -10.6. The number of sulfone groups is 3. The van der Waals surface area contributed by atoms with E-state index in [0.717, 1.165) is 113 Å². The summed E-state index contributed by atoms with van der Waals surface area (Å²) in [5, 5.41) is 40.0. The zero-order chi connectivity index (χ0) is 107. The molecule has 12 N–H and O–H groups in total. The Bertz CT molecular complexity index is 5760. The molecule has 3 unspecified atom stereocenters. The van der Waals surface area contributed by atoms with Gasteiger partial charge in [-0.15, -0.1) is 0 Å². The number of hydrogen-bond donors (Lipinski definition) is 9. The second-order valence-electron chi connectivity index (χ2n) is 37.4. The summed E-state index contributed by atoms with van der Waals surface area (Å²) in [6.45, 7) is 20.1. The molecule has 9 atom stereocenters. The maximum absolute atomic E-state index is 14.5. The highest BCUT2D eigenvalue weighted by Crippen LogP contribution is 2.27. The number of aliphatic hydroxyl groups excluding tert-OH is 3. The Morgan fingerprint density at radius 1 is 0.317 bits per heavy atom. The van der Waals surface area contributed by atoms with Crippen molar-refractivity contribution in [3.8, 4) is 0 Å². The molecule has 0 aromatic heterocycles. The molecule has 6 amide bonds. The molecule has 34 heteroatoms. The highest BCUT2D eigenvalue weighted by Gasteiger charge is 2.41. The number of halogens is 7. The van der Waals surface area contributed by atoms with Crippen LogP contribution in [-0.4, -0.2) is 198 Å². The number of aryl methyl sites for hydroxylation is 5. The number of nitrogens with two attached hydrogens (primary N) is 3. The van der Waals surface area contributed by atoms with Crippen molar-refractivity contribution < 1.29 is 95.7 Å². The molecule has 0 spiro atoms. The van der Waals surface area contributed by atoms with Gasteiger partial charge in [-0.1, -0.05) is 228 Å². The second-order valence-corrected chi connectivity index (χ2v) is 44.8. The van der Waals surface area contributed by atoms with Gasteiger partial charge in [-0.2, -0.15) is 0 Å². The van der Waals surface area contributed by atoms with Crippen molar-refractivity contribution in [1.82, 2.24) is 30.7 Å². The van der Waals surface area contributed by atoms with E-state index in [1.165, 1.54) is 26.8 Å². The van der Waals surface area contributed by atoms with Gasteiger partial charge in [-0.3, -0.25) is 28.8 Å². The zero-order valence-corrected chi connectivity index (χ0v) is 88.2. The van der Waals surface area contributed by atoms with Gasteiger partial charge >= 0.3 is 0 Å². The van der Waals surface area contributed by atoms with Crippen LogP contribution in [0.1, 0.15) is 239 Å². The summed E-state index contributed by atoms with van der Waals surface area (Å²) in [6.07, 6.45) is 4.83. The summed E-state index contributed by atoms with van der Waals surface area (Å²) >= 11 is 6.10. The van der Waals surface area contributed by atoms with Crippen LogP contribution in [0.2, 0.25) is 5.02 Å². The number of amides is 6. The summed E-state index contributed by atoms with van der Waals surface area (Å²) < 4.78 is 166. The average Bonchev–Trinajstić information content (AvgIpc) is 0.827. The van der Waals surface area contributed by atoms with Crippen LogP contribution in [0.4, 0.5) is 26.3 Å². The molecule has 24 nitrogen and oxygen atoms in total. The third kappa shape index (κ3) is 39.8. The molecule has 792 valence electrons. The smallest absolute Gasteiger partial charge is 0.252 e. The van der Waals surface area contributed by atoms with Gasteiger partial charge in [0.25, 0.3) is 17.7 Å². The van der Waals surface area contributed by atoms with E-state index >= 15 is 0 Å². The number of carbonyl (C=O) groups excluding carboxylic acids is 6. The summed E-state index contributed by atoms with van der Waals surface area (Å²) in [7, 11) is -11.6. The first kappa shape index (κ1) is 121. The fourth-order valence-corrected chi connectivity index (χ4v) is 24.1. The lowest BCUT2D eigenvalue weighted by atomic mass is 10.0. The minimum absolute atomic E-state index is 0.00384. The van der Waals surface area contributed by atoms with Gasteiger partial charge in [-0.25, -0.2) is 51.6 Å². The standard InChI is InChI=1S/C38H51F2N3O5S.C37H49F2N3O5S.C36H46ClF2N3O5S/c1-5-11-33(12-6-2)49(47,48)25-35(42-37(45)30-16-10-14-27(8-4)18-30)38(46)43(23-28-15-9-13-26(7-3)17-28)24-36(44)34(41)21-29-19-31(39)22-32(40)20-29;1-5-10-32(11-6-2)48(46,47)24-34(41-36(44)29-15-8-12-25(4)16-29)37(45)42(22-27-14-9-13-26(7-3)17-27)23-35(43)33(40)20-28-18-30(38)21-31(39)19-28;1-4-9-31(10-5-2)48(46,47)23-33(41-35(44)27-13-8-14-28(37)19-27)36(45)42(21-25-12-7-11-24(6-3)15-25)22-34(43)32(40)18-26-16-29(38)20-30(39)17-26/h9-10,13-20,22,33-36,44H,5-8,11-12,21,23-25,41H2,1-4H3,(H,42,45);8-9,12-19,21,32-35,43H,5-7,10-11,20,22-24,40H2,1-4H3,(H,41,44);7-8,11-17,19-20,31-34,43H,4-6,9-10,18,21-23,40H2,1-3H3,(H,41,44)/t34-,35?,36+;33-,34?,35+;32-,33?,34-/m001/s1. The van der Waals surface area contributed by atoms with Crippen LogP contribution in [-0.2, 0) is 108 Å². The van der Waals surface area contributed by atoms with Gasteiger partial charge in [-0.05, 0) is 225 Å². The highest BCUT2D eigenvalue weighted by atomic mass is 35.5. The molecule has 0 aliphatic rings. The van der Waals surface area contributed by atoms with Crippen LogP contribution in [0.5, 0.6) is 0 Å². The van der Waals surface area contributed by atoms with E-state index < -0.39 is 187 Å². The Kier molecular flexibility index (Phi) is 50.1. The van der Waals surface area contributed by atoms with Crippen molar-refractivity contribution in [3.63, 3.8) is 0 Å². The molecule has 9 rings (SSSR count). The number of aliphatic hydroxyl groups is 3. The number of rotatable bonds is 55. The maximum atomic E-state index is 14.5. The molecular weight excluding hydrogens is 1940 g/mol. The lowest BCUT2D eigenvalue weighted by molar-refractivity contribution is -0.135. The van der Waals surface area contributed by atoms with Crippen molar-refractivity contribution in [1.29, 1.82) is 0 Å². The number of hydrogen-bond acceptors (Lipinski definition) is 18. The van der Waals surface area contributed by atoms with Crippen LogP contribution in [0.25, 0.3) is 0 Å². The molecular formula is C111H146ClF6N9O15S3. The van der Waals surface area contributed by atoms with Crippen molar-refractivity contribution in [2.75, 3.05) is 36.9 Å². The number of carbonyl (C=O) groups is 6. The summed E-state index contributed by atoms with van der Waals surface area (Å²) in [6, 6.07) is 43.7. The first-order chi connectivity index (χ1) is 68.8. The Balaban J connectivity index is 0.000000295. The average molecular weight is 2090 g/mol. The van der Waals surface area contributed by atoms with Crippen molar-refractivity contribution in [2.45, 2.75) is 288 Å². The van der Waals surface area contributed by atoms with E-state index in [9.17, 15) is 95.7 Å².